The van der Waals surface area contributed by atoms with Crippen molar-refractivity contribution in [3.05, 3.63) is 18.2 Å². The Kier molecular flexibility index (Phi) is 4.31. The van der Waals surface area contributed by atoms with Crippen molar-refractivity contribution in [3.8, 4) is 6.07 Å². The topological polar surface area (TPSA) is 82.7 Å². The molecule has 1 aliphatic rings. The summed E-state index contributed by atoms with van der Waals surface area (Å²) in [6.07, 6.45) is 6.30. The Morgan fingerprint density at radius 3 is 3.17 bits per heavy atom. The molecule has 0 radical (unpaired) electrons. The fraction of sp³-hybridized carbons (Fsp3) is 0.583. The molecule has 6 heteroatoms. The molecule has 2 rings (SSSR count). The van der Waals surface area contributed by atoms with Crippen LogP contribution in [0.15, 0.2) is 12.4 Å². The monoisotopic (exact) mass is 247 g/mol. The molecule has 0 aliphatic heterocycles. The molecule has 1 aromatic heterocycles. The Labute approximate surface area is 106 Å². The lowest BCUT2D eigenvalue weighted by molar-refractivity contribution is -0.121. The van der Waals surface area contributed by atoms with Crippen molar-refractivity contribution in [1.82, 2.24) is 20.2 Å². The van der Waals surface area contributed by atoms with Gasteiger partial charge in [0, 0.05) is 25.0 Å². The lowest BCUT2D eigenvalue weighted by Crippen LogP contribution is -2.29. The third kappa shape index (κ3) is 3.86. The highest BCUT2D eigenvalue weighted by Crippen LogP contribution is 2.18. The van der Waals surface area contributed by atoms with Crippen molar-refractivity contribution < 1.29 is 4.79 Å². The molecule has 1 saturated carbocycles. The lowest BCUT2D eigenvalue weighted by atomic mass is 10.4. The second-order valence-corrected chi connectivity index (χ2v) is 4.38. The maximum absolute atomic E-state index is 11.6. The molecule has 0 unspecified atom stereocenters. The van der Waals surface area contributed by atoms with Crippen LogP contribution >= 0.6 is 0 Å². The van der Waals surface area contributed by atoms with Crippen LogP contribution in [-0.4, -0.2) is 28.0 Å². The molecule has 1 aliphatic carbocycles. The van der Waals surface area contributed by atoms with Crippen LogP contribution in [0.4, 0.5) is 0 Å². The van der Waals surface area contributed by atoms with Crippen LogP contribution in [0.3, 0.4) is 0 Å². The van der Waals surface area contributed by atoms with E-state index in [1.165, 1.54) is 12.8 Å². The molecule has 1 aromatic rings. The van der Waals surface area contributed by atoms with E-state index in [1.807, 2.05) is 10.6 Å². The van der Waals surface area contributed by atoms with E-state index in [9.17, 15) is 4.79 Å². The molecule has 0 atom stereocenters. The largest absolute Gasteiger partial charge is 0.354 e. The van der Waals surface area contributed by atoms with Gasteiger partial charge in [-0.3, -0.25) is 4.79 Å². The zero-order valence-electron chi connectivity index (χ0n) is 10.2. The fourth-order valence-corrected chi connectivity index (χ4v) is 1.64. The molecule has 0 saturated heterocycles. The smallest absolute Gasteiger partial charge is 0.240 e. The van der Waals surface area contributed by atoms with Gasteiger partial charge in [-0.1, -0.05) is 0 Å². The van der Waals surface area contributed by atoms with E-state index < -0.39 is 0 Å². The number of nitriles is 1. The van der Waals surface area contributed by atoms with Crippen LogP contribution in [0.1, 0.15) is 25.1 Å². The summed E-state index contributed by atoms with van der Waals surface area (Å²) in [6, 6.07) is 2.61. The van der Waals surface area contributed by atoms with Crippen molar-refractivity contribution >= 4 is 5.91 Å². The summed E-state index contributed by atoms with van der Waals surface area (Å²) < 4.78 is 1.83. The minimum Gasteiger partial charge on any atom is -0.354 e. The summed E-state index contributed by atoms with van der Waals surface area (Å²) in [4.78, 5) is 15.8. The normalized spacial score (nSPS) is 14.2. The van der Waals surface area contributed by atoms with E-state index in [4.69, 9.17) is 5.26 Å². The number of nitrogens with one attached hydrogen (secondary N) is 2. The van der Waals surface area contributed by atoms with Crippen LogP contribution in [0.5, 0.6) is 0 Å². The van der Waals surface area contributed by atoms with Crippen molar-refractivity contribution in [2.45, 2.75) is 38.4 Å². The Morgan fingerprint density at radius 1 is 1.61 bits per heavy atom. The van der Waals surface area contributed by atoms with Crippen LogP contribution in [0, 0.1) is 11.3 Å². The van der Waals surface area contributed by atoms with Crippen LogP contribution < -0.4 is 10.6 Å². The van der Waals surface area contributed by atoms with E-state index in [0.717, 1.165) is 5.82 Å². The third-order valence-electron chi connectivity index (χ3n) is 2.80. The van der Waals surface area contributed by atoms with E-state index in [2.05, 4.69) is 15.6 Å². The first-order valence-electron chi connectivity index (χ1n) is 6.16. The number of nitrogens with zero attached hydrogens (tertiary/aromatic N) is 3. The van der Waals surface area contributed by atoms with Crippen molar-refractivity contribution in [1.29, 1.82) is 5.26 Å². The van der Waals surface area contributed by atoms with Gasteiger partial charge in [0.2, 0.25) is 5.91 Å². The summed E-state index contributed by atoms with van der Waals surface area (Å²) in [5.74, 6) is 0.785. The molecule has 1 amide bonds. The number of amides is 1. The first kappa shape index (κ1) is 12.6. The van der Waals surface area contributed by atoms with Gasteiger partial charge < -0.3 is 15.2 Å². The van der Waals surface area contributed by atoms with E-state index >= 15 is 0 Å². The lowest BCUT2D eigenvalue weighted by Gasteiger charge is -2.08. The van der Waals surface area contributed by atoms with Gasteiger partial charge in [0.1, 0.15) is 12.4 Å². The first-order chi connectivity index (χ1) is 8.79. The number of aromatic nitrogens is 2. The highest BCUT2D eigenvalue weighted by molar-refractivity contribution is 5.75. The van der Waals surface area contributed by atoms with Gasteiger partial charge in [0.05, 0.1) is 19.0 Å². The van der Waals surface area contributed by atoms with Gasteiger partial charge in [-0.2, -0.15) is 5.26 Å². The molecule has 1 heterocycles. The molecule has 2 N–H and O–H groups in total. The number of hydrogen-bond acceptors (Lipinski definition) is 4. The molecular weight excluding hydrogens is 230 g/mol. The minimum absolute atomic E-state index is 0.0871. The molecule has 1 fully saturated rings. The number of carbonyl (C=O) groups is 1. The highest BCUT2D eigenvalue weighted by Gasteiger charge is 2.20. The molecule has 0 bridgehead atoms. The van der Waals surface area contributed by atoms with E-state index in [0.29, 0.717) is 25.6 Å². The average Bonchev–Trinajstić information content (AvgIpc) is 3.08. The second-order valence-electron chi connectivity index (χ2n) is 4.38. The van der Waals surface area contributed by atoms with Crippen LogP contribution in [0.25, 0.3) is 0 Å². The second kappa shape index (κ2) is 6.17. The highest BCUT2D eigenvalue weighted by atomic mass is 16.1. The zero-order chi connectivity index (χ0) is 12.8. The van der Waals surface area contributed by atoms with Gasteiger partial charge >= 0.3 is 0 Å². The molecule has 96 valence electrons. The summed E-state index contributed by atoms with van der Waals surface area (Å²) in [7, 11) is 0. The Bertz CT molecular complexity index is 444. The van der Waals surface area contributed by atoms with E-state index in [1.54, 1.807) is 12.4 Å². The first-order valence-corrected chi connectivity index (χ1v) is 6.16. The predicted molar refractivity (Wildman–Crippen MR) is 65.3 cm³/mol. The van der Waals surface area contributed by atoms with E-state index in [-0.39, 0.29) is 12.5 Å². The SMILES string of the molecule is N#CCCNC(=O)Cn1ccnc1CNC1CC1. The van der Waals surface area contributed by atoms with Gasteiger partial charge in [-0.15, -0.1) is 0 Å². The van der Waals surface area contributed by atoms with Gasteiger partial charge in [0.25, 0.3) is 0 Å². The summed E-state index contributed by atoms with van der Waals surface area (Å²) in [6.45, 7) is 1.36. The summed E-state index contributed by atoms with van der Waals surface area (Å²) in [5, 5.41) is 14.4. The average molecular weight is 247 g/mol. The number of rotatable bonds is 7. The van der Waals surface area contributed by atoms with Crippen molar-refractivity contribution in [2.24, 2.45) is 0 Å². The maximum Gasteiger partial charge on any atom is 0.240 e. The quantitative estimate of drug-likeness (QED) is 0.673. The Balaban J connectivity index is 1.78. The molecule has 6 nitrogen and oxygen atoms in total. The summed E-state index contributed by atoms with van der Waals surface area (Å²) >= 11 is 0. The predicted octanol–water partition coefficient (Wildman–Crippen LogP) is 0.165. The van der Waals surface area contributed by atoms with Crippen LogP contribution in [0.2, 0.25) is 0 Å². The third-order valence-corrected chi connectivity index (χ3v) is 2.80. The van der Waals surface area contributed by atoms with Gasteiger partial charge in [-0.25, -0.2) is 4.98 Å². The van der Waals surface area contributed by atoms with Crippen molar-refractivity contribution in [2.75, 3.05) is 6.54 Å². The van der Waals surface area contributed by atoms with Gasteiger partial charge in [0.15, 0.2) is 0 Å². The summed E-state index contributed by atoms with van der Waals surface area (Å²) in [5.41, 5.74) is 0. The van der Waals surface area contributed by atoms with Gasteiger partial charge in [-0.05, 0) is 12.8 Å². The number of carbonyl (C=O) groups excluding carboxylic acids is 1. The molecule has 0 aromatic carbocycles. The van der Waals surface area contributed by atoms with Crippen molar-refractivity contribution in [3.63, 3.8) is 0 Å². The fourth-order valence-electron chi connectivity index (χ4n) is 1.64. The van der Waals surface area contributed by atoms with Crippen LogP contribution in [-0.2, 0) is 17.9 Å². The number of hydrogen-bond donors (Lipinski definition) is 2. The molecular formula is C12H17N5O. The molecule has 18 heavy (non-hydrogen) atoms. The number of imidazole rings is 1. The standard InChI is InChI=1S/C12H17N5O/c13-4-1-5-15-12(18)9-17-7-6-14-11(17)8-16-10-2-3-10/h6-7,10,16H,1-3,5,8-9H2,(H,15,18). The zero-order valence-corrected chi connectivity index (χ0v) is 10.2. The Morgan fingerprint density at radius 2 is 2.44 bits per heavy atom. The molecule has 0 spiro atoms. The minimum atomic E-state index is -0.0871. The Hall–Kier alpha value is -1.87. The maximum atomic E-state index is 11.6.